The van der Waals surface area contributed by atoms with E-state index in [1.54, 1.807) is 11.8 Å². The molecule has 1 aromatic rings. The number of carbonyl (C=O) groups is 2. The number of rotatable bonds is 4. The average molecular weight is 373 g/mol. The van der Waals surface area contributed by atoms with Crippen molar-refractivity contribution in [2.24, 2.45) is 0 Å². The van der Waals surface area contributed by atoms with Gasteiger partial charge in [-0.15, -0.1) is 0 Å². The molecule has 2 fully saturated rings. The Labute approximate surface area is 144 Å². The van der Waals surface area contributed by atoms with Crippen molar-refractivity contribution in [3.05, 3.63) is 18.0 Å². The van der Waals surface area contributed by atoms with Crippen molar-refractivity contribution in [2.45, 2.75) is 23.8 Å². The molecule has 0 bridgehead atoms. The lowest BCUT2D eigenvalue weighted by Crippen LogP contribution is -2.40. The van der Waals surface area contributed by atoms with Gasteiger partial charge in [-0.05, 0) is 18.9 Å². The number of likely N-dealkylation sites (tertiary alicyclic amines) is 1. The van der Waals surface area contributed by atoms with Crippen LogP contribution in [-0.4, -0.2) is 76.8 Å². The van der Waals surface area contributed by atoms with Crippen LogP contribution in [-0.2, 0) is 14.8 Å². The SMILES string of the molecule is O=C(O)[C@H]1CCCN1C(=O)c1cc(S(=O)(=O)N2CCSCC2)c[nH]1. The van der Waals surface area contributed by atoms with Gasteiger partial charge in [0.1, 0.15) is 16.6 Å². The minimum absolute atomic E-state index is 0.0452. The van der Waals surface area contributed by atoms with E-state index in [4.69, 9.17) is 0 Å². The minimum Gasteiger partial charge on any atom is -0.480 e. The first-order chi connectivity index (χ1) is 11.4. The third-order valence-electron chi connectivity index (χ3n) is 4.29. The van der Waals surface area contributed by atoms with E-state index in [-0.39, 0.29) is 10.6 Å². The van der Waals surface area contributed by atoms with Crippen LogP contribution < -0.4 is 0 Å². The van der Waals surface area contributed by atoms with Gasteiger partial charge >= 0.3 is 5.97 Å². The number of sulfonamides is 1. The zero-order chi connectivity index (χ0) is 17.3. The van der Waals surface area contributed by atoms with E-state index >= 15 is 0 Å². The number of hydrogen-bond acceptors (Lipinski definition) is 5. The normalized spacial score (nSPS) is 22.7. The summed E-state index contributed by atoms with van der Waals surface area (Å²) in [5.74, 6) is -0.00543. The average Bonchev–Trinajstić information content (AvgIpc) is 3.24. The van der Waals surface area contributed by atoms with Crippen molar-refractivity contribution in [1.82, 2.24) is 14.2 Å². The van der Waals surface area contributed by atoms with E-state index in [2.05, 4.69) is 4.98 Å². The molecule has 10 heteroatoms. The lowest BCUT2D eigenvalue weighted by molar-refractivity contribution is -0.141. The summed E-state index contributed by atoms with van der Waals surface area (Å²) in [5.41, 5.74) is 0.105. The molecule has 0 aliphatic carbocycles. The predicted molar refractivity (Wildman–Crippen MR) is 88.6 cm³/mol. The fourth-order valence-electron chi connectivity index (χ4n) is 3.00. The first-order valence-electron chi connectivity index (χ1n) is 7.71. The third kappa shape index (κ3) is 3.17. The number of carboxylic acid groups (broad SMARTS) is 1. The highest BCUT2D eigenvalue weighted by molar-refractivity contribution is 7.99. The Morgan fingerprint density at radius 3 is 2.62 bits per heavy atom. The summed E-state index contributed by atoms with van der Waals surface area (Å²) < 4.78 is 26.6. The predicted octanol–water partition coefficient (Wildman–Crippen LogP) is 0.441. The van der Waals surface area contributed by atoms with Crippen molar-refractivity contribution >= 4 is 33.7 Å². The summed E-state index contributed by atoms with van der Waals surface area (Å²) in [7, 11) is -3.63. The van der Waals surface area contributed by atoms with Crippen LogP contribution in [0.3, 0.4) is 0 Å². The maximum absolute atomic E-state index is 12.6. The van der Waals surface area contributed by atoms with Crippen LogP contribution in [0, 0.1) is 0 Å². The van der Waals surface area contributed by atoms with Crippen molar-refractivity contribution in [2.75, 3.05) is 31.1 Å². The van der Waals surface area contributed by atoms with Gasteiger partial charge in [-0.2, -0.15) is 16.1 Å². The second kappa shape index (κ2) is 6.77. The number of nitrogens with one attached hydrogen (secondary N) is 1. The lowest BCUT2D eigenvalue weighted by atomic mass is 10.2. The number of amides is 1. The molecule has 0 unspecified atom stereocenters. The zero-order valence-corrected chi connectivity index (χ0v) is 14.6. The number of H-pyrrole nitrogens is 1. The van der Waals surface area contributed by atoms with Crippen LogP contribution in [0.1, 0.15) is 23.3 Å². The Morgan fingerprint density at radius 2 is 1.96 bits per heavy atom. The van der Waals surface area contributed by atoms with Crippen molar-refractivity contribution in [3.63, 3.8) is 0 Å². The molecule has 1 amide bonds. The van der Waals surface area contributed by atoms with Crippen molar-refractivity contribution in [1.29, 1.82) is 0 Å². The molecule has 0 radical (unpaired) electrons. The Balaban J connectivity index is 1.80. The molecule has 1 aromatic heterocycles. The van der Waals surface area contributed by atoms with Crippen molar-refractivity contribution in [3.8, 4) is 0 Å². The molecule has 3 rings (SSSR count). The topological polar surface area (TPSA) is 111 Å². The highest BCUT2D eigenvalue weighted by atomic mass is 32.2. The summed E-state index contributed by atoms with van der Waals surface area (Å²) in [6.07, 6.45) is 2.34. The first kappa shape index (κ1) is 17.3. The second-order valence-corrected chi connectivity index (χ2v) is 8.92. The van der Waals surface area contributed by atoms with E-state index < -0.39 is 27.9 Å². The van der Waals surface area contributed by atoms with Crippen LogP contribution in [0.2, 0.25) is 0 Å². The monoisotopic (exact) mass is 373 g/mol. The van der Waals surface area contributed by atoms with Gasteiger partial charge in [-0.1, -0.05) is 0 Å². The number of hydrogen-bond donors (Lipinski definition) is 2. The highest BCUT2D eigenvalue weighted by Crippen LogP contribution is 2.24. The zero-order valence-electron chi connectivity index (χ0n) is 13.0. The smallest absolute Gasteiger partial charge is 0.326 e. The molecule has 0 spiro atoms. The molecular formula is C14H19N3O5S2. The summed E-state index contributed by atoms with van der Waals surface area (Å²) in [6, 6.07) is 0.455. The lowest BCUT2D eigenvalue weighted by Gasteiger charge is -2.25. The second-order valence-electron chi connectivity index (χ2n) is 5.76. The highest BCUT2D eigenvalue weighted by Gasteiger charge is 2.35. The molecule has 0 saturated carbocycles. The Kier molecular flexibility index (Phi) is 4.88. The maximum atomic E-state index is 12.6. The fourth-order valence-corrected chi connectivity index (χ4v) is 5.57. The molecular weight excluding hydrogens is 354 g/mol. The number of aromatic amines is 1. The summed E-state index contributed by atoms with van der Waals surface area (Å²) in [6.45, 7) is 1.27. The molecule has 2 aliphatic rings. The minimum atomic E-state index is -3.63. The van der Waals surface area contributed by atoms with Gasteiger partial charge in [0.25, 0.3) is 5.91 Å². The van der Waals surface area contributed by atoms with Crippen molar-refractivity contribution < 1.29 is 23.1 Å². The van der Waals surface area contributed by atoms with Gasteiger partial charge in [0, 0.05) is 37.3 Å². The number of aliphatic carboxylic acids is 1. The third-order valence-corrected chi connectivity index (χ3v) is 7.11. The number of carboxylic acids is 1. The van der Waals surface area contributed by atoms with Crippen LogP contribution >= 0.6 is 11.8 Å². The quantitative estimate of drug-likeness (QED) is 0.792. The van der Waals surface area contributed by atoms with Crippen LogP contribution in [0.4, 0.5) is 0 Å². The van der Waals surface area contributed by atoms with Gasteiger partial charge in [0.05, 0.1) is 0 Å². The molecule has 24 heavy (non-hydrogen) atoms. The van der Waals surface area contributed by atoms with E-state index in [1.165, 1.54) is 21.5 Å². The van der Waals surface area contributed by atoms with Gasteiger partial charge < -0.3 is 15.0 Å². The van der Waals surface area contributed by atoms with Gasteiger partial charge in [-0.25, -0.2) is 13.2 Å². The van der Waals surface area contributed by atoms with E-state index in [0.717, 1.165) is 11.5 Å². The largest absolute Gasteiger partial charge is 0.480 e. The molecule has 2 saturated heterocycles. The molecule has 3 heterocycles. The van der Waals surface area contributed by atoms with Gasteiger partial charge in [0.15, 0.2) is 0 Å². The Morgan fingerprint density at radius 1 is 1.25 bits per heavy atom. The number of nitrogens with zero attached hydrogens (tertiary/aromatic N) is 2. The Hall–Kier alpha value is -1.52. The molecule has 132 valence electrons. The van der Waals surface area contributed by atoms with Crippen LogP contribution in [0.25, 0.3) is 0 Å². The molecule has 2 N–H and O–H groups in total. The van der Waals surface area contributed by atoms with E-state index in [1.807, 2.05) is 0 Å². The van der Waals surface area contributed by atoms with E-state index in [9.17, 15) is 23.1 Å². The molecule has 0 aromatic carbocycles. The Bertz CT molecular complexity index is 739. The fraction of sp³-hybridized carbons (Fsp3) is 0.571. The molecule has 8 nitrogen and oxygen atoms in total. The number of thioether (sulfide) groups is 1. The van der Waals surface area contributed by atoms with E-state index in [0.29, 0.717) is 32.5 Å². The molecule has 1 atom stereocenters. The van der Waals surface area contributed by atoms with Crippen LogP contribution in [0.5, 0.6) is 0 Å². The maximum Gasteiger partial charge on any atom is 0.326 e. The molecule has 2 aliphatic heterocycles. The standard InChI is InChI=1S/C14H19N3O5S2/c18-13(17-3-1-2-12(17)14(19)20)11-8-10(9-15-11)24(21,22)16-4-6-23-7-5-16/h8-9,12,15H,1-7H2,(H,19,20)/t12-/m1/s1. The van der Waals surface area contributed by atoms with Crippen LogP contribution in [0.15, 0.2) is 17.2 Å². The van der Waals surface area contributed by atoms with Gasteiger partial charge in [-0.3, -0.25) is 4.79 Å². The first-order valence-corrected chi connectivity index (χ1v) is 10.3. The summed E-state index contributed by atoms with van der Waals surface area (Å²) >= 11 is 1.71. The number of aromatic nitrogens is 1. The number of carbonyl (C=O) groups excluding carboxylic acids is 1. The summed E-state index contributed by atoms with van der Waals surface area (Å²) in [5, 5.41) is 9.18. The summed E-state index contributed by atoms with van der Waals surface area (Å²) in [4.78, 5) is 27.7. The van der Waals surface area contributed by atoms with Gasteiger partial charge in [0.2, 0.25) is 10.0 Å².